The third-order valence-corrected chi connectivity index (χ3v) is 6.60. The first kappa shape index (κ1) is 21.3. The molecule has 0 aromatic heterocycles. The van der Waals surface area contributed by atoms with Crippen LogP contribution in [0.3, 0.4) is 0 Å². The molecule has 0 aliphatic heterocycles. The quantitative estimate of drug-likeness (QED) is 0.529. The minimum atomic E-state index is -0.722. The summed E-state index contributed by atoms with van der Waals surface area (Å²) in [5.41, 5.74) is 5.65. The van der Waals surface area contributed by atoms with Crippen LogP contribution in [-0.2, 0) is 20.7 Å². The van der Waals surface area contributed by atoms with Gasteiger partial charge in [0.1, 0.15) is 12.4 Å². The molecule has 0 radical (unpaired) electrons. The molecule has 0 spiro atoms. The summed E-state index contributed by atoms with van der Waals surface area (Å²) in [4.78, 5) is 25.9. The maximum absolute atomic E-state index is 13.0. The second-order valence-corrected chi connectivity index (χ2v) is 8.39. The fourth-order valence-corrected chi connectivity index (χ4v) is 5.14. The zero-order chi connectivity index (χ0) is 22.1. The fraction of sp³-hybridized carbons (Fsp3) is 0.333. The Morgan fingerprint density at radius 3 is 2.61 bits per heavy atom. The van der Waals surface area contributed by atoms with Crippen LogP contribution in [0.15, 0.2) is 66.8 Å². The maximum Gasteiger partial charge on any atom is 0.335 e. The van der Waals surface area contributed by atoms with Gasteiger partial charge < -0.3 is 9.84 Å². The molecule has 4 atom stereocenters. The molecule has 4 rings (SSSR count). The molecule has 160 valence electrons. The second kappa shape index (κ2) is 8.64. The lowest BCUT2D eigenvalue weighted by Crippen LogP contribution is -2.51. The van der Waals surface area contributed by atoms with Gasteiger partial charge in [-0.05, 0) is 59.6 Å². The van der Waals surface area contributed by atoms with Gasteiger partial charge in [-0.1, -0.05) is 62.0 Å². The van der Waals surface area contributed by atoms with Crippen LogP contribution in [0.25, 0.3) is 16.7 Å². The lowest BCUT2D eigenvalue weighted by atomic mass is 9.61. The van der Waals surface area contributed by atoms with E-state index in [0.717, 1.165) is 34.2 Å². The van der Waals surface area contributed by atoms with E-state index in [9.17, 15) is 14.7 Å². The van der Waals surface area contributed by atoms with E-state index >= 15 is 0 Å². The highest BCUT2D eigenvalue weighted by molar-refractivity contribution is 6.10. The van der Waals surface area contributed by atoms with E-state index in [1.807, 2.05) is 18.2 Å². The fourth-order valence-electron chi connectivity index (χ4n) is 5.14. The van der Waals surface area contributed by atoms with Gasteiger partial charge in [-0.2, -0.15) is 0 Å². The standard InChI is InChI=1S/C27H28O4/c1-4-13-31-27(30)25-21(15-22-23(16(3)28)26(29)24(22)25)20-14-19(12-11-17(20)5-2)18-9-7-6-8-10-18/h4,6-12,14,16,22-24,28H,1,5,13,15H2,2-3H3. The van der Waals surface area contributed by atoms with Gasteiger partial charge in [0.25, 0.3) is 0 Å². The Labute approximate surface area is 183 Å². The Kier molecular flexibility index (Phi) is 5.92. The predicted molar refractivity (Wildman–Crippen MR) is 121 cm³/mol. The van der Waals surface area contributed by atoms with E-state index in [1.165, 1.54) is 6.08 Å². The first-order valence-corrected chi connectivity index (χ1v) is 10.9. The van der Waals surface area contributed by atoms with Gasteiger partial charge in [0.15, 0.2) is 0 Å². The number of aryl methyl sites for hydroxylation is 1. The highest BCUT2D eigenvalue weighted by Crippen LogP contribution is 2.55. The van der Waals surface area contributed by atoms with Gasteiger partial charge in [0, 0.05) is 5.92 Å². The van der Waals surface area contributed by atoms with Crippen molar-refractivity contribution in [1.29, 1.82) is 0 Å². The number of carbonyl (C=O) groups excluding carboxylic acids is 2. The van der Waals surface area contributed by atoms with Gasteiger partial charge in [-0.15, -0.1) is 0 Å². The number of Topliss-reactive ketones (excluding diaryl/α,β-unsaturated/α-hetero) is 1. The molecule has 0 bridgehead atoms. The second-order valence-electron chi connectivity index (χ2n) is 8.39. The topological polar surface area (TPSA) is 63.6 Å². The first-order valence-electron chi connectivity index (χ1n) is 10.9. The van der Waals surface area contributed by atoms with Gasteiger partial charge in [0.2, 0.25) is 0 Å². The number of hydrogen-bond donors (Lipinski definition) is 1. The molecule has 0 saturated heterocycles. The molecule has 2 aromatic carbocycles. The summed E-state index contributed by atoms with van der Waals surface area (Å²) in [7, 11) is 0. The summed E-state index contributed by atoms with van der Waals surface area (Å²) in [5, 5.41) is 10.1. The minimum Gasteiger partial charge on any atom is -0.458 e. The number of esters is 1. The normalized spacial score (nSPS) is 23.2. The molecule has 1 N–H and O–H groups in total. The van der Waals surface area contributed by atoms with Crippen LogP contribution in [0.1, 0.15) is 31.4 Å². The minimum absolute atomic E-state index is 0.0566. The molecule has 4 nitrogen and oxygen atoms in total. The highest BCUT2D eigenvalue weighted by atomic mass is 16.5. The molecule has 4 heteroatoms. The van der Waals surface area contributed by atoms with Crippen molar-refractivity contribution in [3.05, 3.63) is 77.9 Å². The van der Waals surface area contributed by atoms with E-state index in [0.29, 0.717) is 12.0 Å². The van der Waals surface area contributed by atoms with Crippen molar-refractivity contribution >= 4 is 17.3 Å². The average Bonchev–Trinajstić information content (AvgIpc) is 3.12. The SMILES string of the molecule is C=CCOC(=O)C1=C(c2cc(-c3ccccc3)ccc2CC)CC2C1C(=O)C2C(C)O. The molecule has 1 saturated carbocycles. The molecule has 2 aliphatic carbocycles. The Balaban J connectivity index is 1.83. The van der Waals surface area contributed by atoms with Crippen LogP contribution in [-0.4, -0.2) is 29.6 Å². The zero-order valence-electron chi connectivity index (χ0n) is 18.0. The monoisotopic (exact) mass is 416 g/mol. The molecule has 4 unspecified atom stereocenters. The van der Waals surface area contributed by atoms with Crippen LogP contribution in [0.2, 0.25) is 0 Å². The van der Waals surface area contributed by atoms with Gasteiger partial charge >= 0.3 is 5.97 Å². The van der Waals surface area contributed by atoms with Crippen molar-refractivity contribution in [2.24, 2.45) is 17.8 Å². The van der Waals surface area contributed by atoms with Gasteiger partial charge in [0.05, 0.1) is 17.6 Å². The van der Waals surface area contributed by atoms with Crippen LogP contribution in [0, 0.1) is 17.8 Å². The molecule has 0 amide bonds. The summed E-state index contributed by atoms with van der Waals surface area (Å²) in [6.45, 7) is 7.46. The molecule has 2 aromatic rings. The number of aliphatic hydroxyl groups is 1. The third kappa shape index (κ3) is 3.66. The lowest BCUT2D eigenvalue weighted by Gasteiger charge is -2.41. The van der Waals surface area contributed by atoms with Crippen LogP contribution in [0.5, 0.6) is 0 Å². The largest absolute Gasteiger partial charge is 0.458 e. The number of fused-ring (bicyclic) bond motifs is 1. The number of ketones is 1. The maximum atomic E-state index is 13.0. The number of aliphatic hydroxyl groups excluding tert-OH is 1. The van der Waals surface area contributed by atoms with Crippen molar-refractivity contribution in [1.82, 2.24) is 0 Å². The summed E-state index contributed by atoms with van der Waals surface area (Å²) in [5.74, 6) is -1.48. The van der Waals surface area contributed by atoms with E-state index in [4.69, 9.17) is 4.74 Å². The predicted octanol–water partition coefficient (Wildman–Crippen LogP) is 4.61. The summed E-state index contributed by atoms with van der Waals surface area (Å²) >= 11 is 0. The van der Waals surface area contributed by atoms with Crippen molar-refractivity contribution in [2.45, 2.75) is 32.8 Å². The van der Waals surface area contributed by atoms with E-state index in [2.05, 4.69) is 43.8 Å². The average molecular weight is 417 g/mol. The number of allylic oxidation sites excluding steroid dienone is 1. The molecule has 31 heavy (non-hydrogen) atoms. The third-order valence-electron chi connectivity index (χ3n) is 6.60. The summed E-state index contributed by atoms with van der Waals surface area (Å²) in [6, 6.07) is 16.4. The van der Waals surface area contributed by atoms with Crippen molar-refractivity contribution < 1.29 is 19.4 Å². The Morgan fingerprint density at radius 1 is 1.23 bits per heavy atom. The van der Waals surface area contributed by atoms with Crippen molar-refractivity contribution in [3.8, 4) is 11.1 Å². The number of benzene rings is 2. The summed E-state index contributed by atoms with van der Waals surface area (Å²) in [6.07, 6.45) is 2.21. The van der Waals surface area contributed by atoms with E-state index in [-0.39, 0.29) is 18.3 Å². The number of carbonyl (C=O) groups is 2. The lowest BCUT2D eigenvalue weighted by molar-refractivity contribution is -0.150. The number of rotatable bonds is 7. The smallest absolute Gasteiger partial charge is 0.335 e. The Morgan fingerprint density at radius 2 is 1.97 bits per heavy atom. The van der Waals surface area contributed by atoms with Crippen LogP contribution >= 0.6 is 0 Å². The first-order chi connectivity index (χ1) is 15.0. The van der Waals surface area contributed by atoms with Crippen LogP contribution < -0.4 is 0 Å². The van der Waals surface area contributed by atoms with Crippen LogP contribution in [0.4, 0.5) is 0 Å². The Hall–Kier alpha value is -2.98. The molecule has 1 fully saturated rings. The van der Waals surface area contributed by atoms with E-state index < -0.39 is 23.9 Å². The molecular formula is C27H28O4. The number of ether oxygens (including phenoxy) is 1. The summed E-state index contributed by atoms with van der Waals surface area (Å²) < 4.78 is 5.38. The number of hydrogen-bond acceptors (Lipinski definition) is 4. The molecule has 2 aliphatic rings. The molecular weight excluding hydrogens is 388 g/mol. The van der Waals surface area contributed by atoms with Crippen molar-refractivity contribution in [3.63, 3.8) is 0 Å². The van der Waals surface area contributed by atoms with Gasteiger partial charge in [-0.3, -0.25) is 4.79 Å². The molecule has 0 heterocycles. The van der Waals surface area contributed by atoms with E-state index in [1.54, 1.807) is 6.92 Å². The Bertz CT molecular complexity index is 1050. The highest BCUT2D eigenvalue weighted by Gasteiger charge is 2.58. The van der Waals surface area contributed by atoms with Gasteiger partial charge in [-0.25, -0.2) is 4.79 Å². The zero-order valence-corrected chi connectivity index (χ0v) is 18.0. The van der Waals surface area contributed by atoms with Crippen molar-refractivity contribution in [2.75, 3.05) is 6.61 Å².